The van der Waals surface area contributed by atoms with Gasteiger partial charge >= 0.3 is 0 Å². The first-order chi connectivity index (χ1) is 8.17. The van der Waals surface area contributed by atoms with Crippen molar-refractivity contribution in [2.24, 2.45) is 0 Å². The fraction of sp³-hybridized carbons (Fsp3) is 0.417. The van der Waals surface area contributed by atoms with Crippen LogP contribution in [0.3, 0.4) is 0 Å². The maximum Gasteiger partial charge on any atom is 0.269 e. The second-order valence-corrected chi connectivity index (χ2v) is 3.77. The summed E-state index contributed by atoms with van der Waals surface area (Å²) < 4.78 is 0. The highest BCUT2D eigenvalue weighted by Crippen LogP contribution is 2.12. The largest absolute Gasteiger partial charge is 0.309 e. The average Bonchev–Trinajstić information content (AvgIpc) is 2.35. The van der Waals surface area contributed by atoms with Gasteiger partial charge in [-0.05, 0) is 12.0 Å². The van der Waals surface area contributed by atoms with E-state index in [0.717, 1.165) is 12.0 Å². The number of non-ortho nitro benzene ring substituents is 1. The monoisotopic (exact) mass is 233 g/mol. The molecule has 1 aromatic carbocycles. The standard InChI is InChI=1S/C12H15N3O2/c1-2-11(7-8-13)14-9-10-3-5-12(6-4-10)15(16)17/h3-6,11,14H,2,7,9H2,1H3/t11-/m1/s1. The fourth-order valence-electron chi connectivity index (χ4n) is 1.47. The summed E-state index contributed by atoms with van der Waals surface area (Å²) in [6.45, 7) is 2.64. The van der Waals surface area contributed by atoms with Crippen molar-refractivity contribution < 1.29 is 4.92 Å². The Morgan fingerprint density at radius 2 is 2.12 bits per heavy atom. The van der Waals surface area contributed by atoms with Gasteiger partial charge in [0.15, 0.2) is 0 Å². The van der Waals surface area contributed by atoms with Crippen LogP contribution in [0.25, 0.3) is 0 Å². The van der Waals surface area contributed by atoms with Crippen LogP contribution in [-0.2, 0) is 6.54 Å². The zero-order valence-corrected chi connectivity index (χ0v) is 9.72. The molecule has 1 N–H and O–H groups in total. The molecule has 0 heterocycles. The number of nitro groups is 1. The maximum absolute atomic E-state index is 10.5. The van der Waals surface area contributed by atoms with Crippen molar-refractivity contribution in [1.29, 1.82) is 5.26 Å². The highest BCUT2D eigenvalue weighted by Gasteiger charge is 2.06. The van der Waals surface area contributed by atoms with Crippen LogP contribution in [0.5, 0.6) is 0 Å². The maximum atomic E-state index is 10.5. The Balaban J connectivity index is 2.52. The van der Waals surface area contributed by atoms with E-state index in [9.17, 15) is 10.1 Å². The van der Waals surface area contributed by atoms with E-state index < -0.39 is 4.92 Å². The lowest BCUT2D eigenvalue weighted by molar-refractivity contribution is -0.384. The smallest absolute Gasteiger partial charge is 0.269 e. The van der Waals surface area contributed by atoms with Crippen molar-refractivity contribution in [3.63, 3.8) is 0 Å². The van der Waals surface area contributed by atoms with Gasteiger partial charge < -0.3 is 5.32 Å². The lowest BCUT2D eigenvalue weighted by atomic mass is 10.1. The van der Waals surface area contributed by atoms with Crippen molar-refractivity contribution in [2.45, 2.75) is 32.4 Å². The minimum Gasteiger partial charge on any atom is -0.309 e. The van der Waals surface area contributed by atoms with Gasteiger partial charge in [-0.2, -0.15) is 5.26 Å². The van der Waals surface area contributed by atoms with E-state index in [1.807, 2.05) is 6.92 Å². The molecule has 0 aliphatic carbocycles. The Kier molecular flexibility index (Phi) is 5.11. The van der Waals surface area contributed by atoms with Crippen molar-refractivity contribution in [3.05, 3.63) is 39.9 Å². The number of rotatable bonds is 6. The molecular weight excluding hydrogens is 218 g/mol. The Morgan fingerprint density at radius 1 is 1.47 bits per heavy atom. The average molecular weight is 233 g/mol. The minimum absolute atomic E-state index is 0.0952. The normalized spacial score (nSPS) is 11.8. The molecular formula is C12H15N3O2. The predicted octanol–water partition coefficient (Wildman–Crippen LogP) is 2.38. The second kappa shape index (κ2) is 6.61. The van der Waals surface area contributed by atoms with Gasteiger partial charge in [-0.15, -0.1) is 0 Å². The summed E-state index contributed by atoms with van der Waals surface area (Å²) in [5.74, 6) is 0. The molecule has 90 valence electrons. The van der Waals surface area contributed by atoms with E-state index in [2.05, 4.69) is 11.4 Å². The Bertz CT molecular complexity index is 409. The second-order valence-electron chi connectivity index (χ2n) is 3.77. The summed E-state index contributed by atoms with van der Waals surface area (Å²) in [7, 11) is 0. The number of hydrogen-bond donors (Lipinski definition) is 1. The molecule has 0 saturated heterocycles. The third kappa shape index (κ3) is 4.21. The highest BCUT2D eigenvalue weighted by molar-refractivity contribution is 5.32. The number of nitrogens with one attached hydrogen (secondary N) is 1. The van der Waals surface area contributed by atoms with Crippen molar-refractivity contribution >= 4 is 5.69 Å². The zero-order chi connectivity index (χ0) is 12.7. The molecule has 5 nitrogen and oxygen atoms in total. The summed E-state index contributed by atoms with van der Waals surface area (Å²) in [5, 5.41) is 22.3. The summed E-state index contributed by atoms with van der Waals surface area (Å²) >= 11 is 0. The molecule has 0 amide bonds. The number of nitriles is 1. The molecule has 0 spiro atoms. The van der Waals surface area contributed by atoms with E-state index in [4.69, 9.17) is 5.26 Å². The number of hydrogen-bond acceptors (Lipinski definition) is 4. The lowest BCUT2D eigenvalue weighted by Gasteiger charge is -2.13. The first kappa shape index (κ1) is 13.1. The summed E-state index contributed by atoms with van der Waals surface area (Å²) in [4.78, 5) is 10.0. The lowest BCUT2D eigenvalue weighted by Crippen LogP contribution is -2.27. The quantitative estimate of drug-likeness (QED) is 0.604. The molecule has 0 unspecified atom stereocenters. The summed E-state index contributed by atoms with van der Waals surface area (Å²) in [5.41, 5.74) is 1.07. The molecule has 0 aliphatic rings. The van der Waals surface area contributed by atoms with E-state index in [0.29, 0.717) is 13.0 Å². The van der Waals surface area contributed by atoms with Crippen molar-refractivity contribution in [1.82, 2.24) is 5.32 Å². The van der Waals surface area contributed by atoms with Crippen LogP contribution >= 0.6 is 0 Å². The Morgan fingerprint density at radius 3 is 2.59 bits per heavy atom. The highest BCUT2D eigenvalue weighted by atomic mass is 16.6. The first-order valence-corrected chi connectivity index (χ1v) is 5.51. The zero-order valence-electron chi connectivity index (χ0n) is 9.72. The molecule has 5 heteroatoms. The van der Waals surface area contributed by atoms with Crippen LogP contribution in [0.4, 0.5) is 5.69 Å². The summed E-state index contributed by atoms with van der Waals surface area (Å²) in [6.07, 6.45) is 1.37. The molecule has 0 saturated carbocycles. The molecule has 1 atom stereocenters. The van der Waals surface area contributed by atoms with Gasteiger partial charge in [0.2, 0.25) is 0 Å². The fourth-order valence-corrected chi connectivity index (χ4v) is 1.47. The van der Waals surface area contributed by atoms with Crippen molar-refractivity contribution in [2.75, 3.05) is 0 Å². The Labute approximate surface area is 100 Å². The van der Waals surface area contributed by atoms with Gasteiger partial charge in [0.05, 0.1) is 17.4 Å². The van der Waals surface area contributed by atoms with Crippen LogP contribution in [0, 0.1) is 21.4 Å². The van der Waals surface area contributed by atoms with Gasteiger partial charge in [0.25, 0.3) is 5.69 Å². The van der Waals surface area contributed by atoms with Crippen LogP contribution in [0.2, 0.25) is 0 Å². The SMILES string of the molecule is CC[C@H](CC#N)NCc1ccc([N+](=O)[O-])cc1. The van der Waals surface area contributed by atoms with Crippen LogP contribution < -0.4 is 5.32 Å². The van der Waals surface area contributed by atoms with Crippen LogP contribution in [0.1, 0.15) is 25.3 Å². The van der Waals surface area contributed by atoms with Gasteiger partial charge in [0, 0.05) is 24.7 Å². The molecule has 1 rings (SSSR count). The molecule has 0 aliphatic heterocycles. The topological polar surface area (TPSA) is 79.0 Å². The third-order valence-corrected chi connectivity index (χ3v) is 2.57. The number of benzene rings is 1. The van der Waals surface area contributed by atoms with E-state index in [1.165, 1.54) is 12.1 Å². The van der Waals surface area contributed by atoms with Gasteiger partial charge in [-0.25, -0.2) is 0 Å². The van der Waals surface area contributed by atoms with Gasteiger partial charge in [-0.3, -0.25) is 10.1 Å². The third-order valence-electron chi connectivity index (χ3n) is 2.57. The number of nitrogens with zero attached hydrogens (tertiary/aromatic N) is 2. The van der Waals surface area contributed by atoms with E-state index >= 15 is 0 Å². The first-order valence-electron chi connectivity index (χ1n) is 5.51. The molecule has 0 aromatic heterocycles. The number of nitro benzene ring substituents is 1. The molecule has 0 fully saturated rings. The summed E-state index contributed by atoms with van der Waals surface area (Å²) in [6, 6.07) is 8.73. The van der Waals surface area contributed by atoms with E-state index in [-0.39, 0.29) is 11.7 Å². The van der Waals surface area contributed by atoms with Gasteiger partial charge in [-0.1, -0.05) is 19.1 Å². The molecule has 0 bridgehead atoms. The van der Waals surface area contributed by atoms with Crippen LogP contribution in [0.15, 0.2) is 24.3 Å². The van der Waals surface area contributed by atoms with Crippen molar-refractivity contribution in [3.8, 4) is 6.07 Å². The van der Waals surface area contributed by atoms with Gasteiger partial charge in [0.1, 0.15) is 0 Å². The molecule has 17 heavy (non-hydrogen) atoms. The van der Waals surface area contributed by atoms with E-state index in [1.54, 1.807) is 12.1 Å². The minimum atomic E-state index is -0.415. The van der Waals surface area contributed by atoms with Crippen LogP contribution in [-0.4, -0.2) is 11.0 Å². The molecule has 1 aromatic rings. The molecule has 0 radical (unpaired) electrons. The Hall–Kier alpha value is -1.93. The predicted molar refractivity (Wildman–Crippen MR) is 64.2 cm³/mol.